The molecule has 3 aromatic rings. The third-order valence-electron chi connectivity index (χ3n) is 4.85. The van der Waals surface area contributed by atoms with Crippen LogP contribution in [0.1, 0.15) is 23.0 Å². The summed E-state index contributed by atoms with van der Waals surface area (Å²) in [5, 5.41) is 21.0. The summed E-state index contributed by atoms with van der Waals surface area (Å²) in [7, 11) is 0. The van der Waals surface area contributed by atoms with Crippen LogP contribution in [0.2, 0.25) is 5.02 Å². The maximum absolute atomic E-state index is 12.9. The molecular weight excluding hydrogens is 482 g/mol. The molecule has 1 fully saturated rings. The number of hydrogen-bond donors (Lipinski definition) is 1. The lowest BCUT2D eigenvalue weighted by Gasteiger charge is -2.12. The lowest BCUT2D eigenvalue weighted by molar-refractivity contribution is -0.384. The van der Waals surface area contributed by atoms with E-state index in [4.69, 9.17) is 16.0 Å². The Morgan fingerprint density at radius 3 is 2.76 bits per heavy atom. The van der Waals surface area contributed by atoms with Crippen LogP contribution in [0.3, 0.4) is 0 Å². The number of nitro groups is 1. The van der Waals surface area contributed by atoms with Gasteiger partial charge in [-0.1, -0.05) is 17.7 Å². The standard InChI is InChI=1S/C23H16ClN3O6S/c1-2-26-21(28)20(34-23(26)25-14-5-3-4-13(10-14)22(29)30)12-16-7-9-19(33-16)17-11-15(27(31)32)6-8-18(17)24/h3-12H,2H2,1H3,(H,29,30)/b20-12+,25-23?. The maximum Gasteiger partial charge on any atom is 0.335 e. The van der Waals surface area contributed by atoms with Crippen LogP contribution < -0.4 is 0 Å². The molecule has 2 aromatic carbocycles. The summed E-state index contributed by atoms with van der Waals surface area (Å²) in [5.41, 5.74) is 0.749. The zero-order valence-electron chi connectivity index (χ0n) is 17.6. The molecule has 1 aliphatic rings. The predicted octanol–water partition coefficient (Wildman–Crippen LogP) is 5.83. The van der Waals surface area contributed by atoms with Gasteiger partial charge < -0.3 is 9.52 Å². The Morgan fingerprint density at radius 2 is 2.06 bits per heavy atom. The van der Waals surface area contributed by atoms with Crippen LogP contribution in [0.4, 0.5) is 11.4 Å². The first-order valence-corrected chi connectivity index (χ1v) is 11.1. The van der Waals surface area contributed by atoms with Crippen LogP contribution in [0.25, 0.3) is 17.4 Å². The van der Waals surface area contributed by atoms with Gasteiger partial charge >= 0.3 is 5.97 Å². The summed E-state index contributed by atoms with van der Waals surface area (Å²) in [6.07, 6.45) is 1.56. The number of amidine groups is 1. The molecule has 0 spiro atoms. The molecule has 4 rings (SSSR count). The monoisotopic (exact) mass is 497 g/mol. The fourth-order valence-electron chi connectivity index (χ4n) is 3.21. The molecule has 0 aliphatic carbocycles. The minimum atomic E-state index is -1.07. The van der Waals surface area contributed by atoms with Crippen LogP contribution in [0.15, 0.2) is 68.9 Å². The number of carboxylic acid groups (broad SMARTS) is 1. The topological polar surface area (TPSA) is 126 Å². The van der Waals surface area contributed by atoms with Gasteiger partial charge in [0.15, 0.2) is 5.17 Å². The van der Waals surface area contributed by atoms with Crippen molar-refractivity contribution >= 4 is 57.9 Å². The molecular formula is C23H16ClN3O6S. The Labute approximate surface area is 202 Å². The third kappa shape index (κ3) is 4.73. The number of carbonyl (C=O) groups excluding carboxylic acids is 1. The number of non-ortho nitro benzene ring substituents is 1. The highest BCUT2D eigenvalue weighted by atomic mass is 35.5. The predicted molar refractivity (Wildman–Crippen MR) is 129 cm³/mol. The van der Waals surface area contributed by atoms with Gasteiger partial charge in [-0.3, -0.25) is 19.8 Å². The second kappa shape index (κ2) is 9.54. The van der Waals surface area contributed by atoms with Gasteiger partial charge in [0.25, 0.3) is 11.6 Å². The maximum atomic E-state index is 12.9. The van der Waals surface area contributed by atoms with E-state index in [1.807, 2.05) is 0 Å². The summed E-state index contributed by atoms with van der Waals surface area (Å²) in [5.74, 6) is -0.657. The van der Waals surface area contributed by atoms with Gasteiger partial charge in [-0.05, 0) is 55.1 Å². The van der Waals surface area contributed by atoms with Crippen LogP contribution >= 0.6 is 23.4 Å². The van der Waals surface area contributed by atoms with Gasteiger partial charge in [0.2, 0.25) is 0 Å². The Morgan fingerprint density at radius 1 is 1.26 bits per heavy atom. The quantitative estimate of drug-likeness (QED) is 0.258. The molecule has 1 aliphatic heterocycles. The van der Waals surface area contributed by atoms with Gasteiger partial charge in [0.1, 0.15) is 11.5 Å². The van der Waals surface area contributed by atoms with E-state index in [0.717, 1.165) is 11.8 Å². The second-order valence-corrected chi connectivity index (χ2v) is 8.45. The minimum Gasteiger partial charge on any atom is -0.478 e. The number of thioether (sulfide) groups is 1. The molecule has 0 bridgehead atoms. The molecule has 34 heavy (non-hydrogen) atoms. The molecule has 1 aromatic heterocycles. The highest BCUT2D eigenvalue weighted by molar-refractivity contribution is 8.18. The summed E-state index contributed by atoms with van der Waals surface area (Å²) in [6.45, 7) is 2.17. The van der Waals surface area contributed by atoms with Crippen LogP contribution in [0, 0.1) is 10.1 Å². The number of furan rings is 1. The molecule has 9 nitrogen and oxygen atoms in total. The van der Waals surface area contributed by atoms with Crippen molar-refractivity contribution in [1.82, 2.24) is 4.90 Å². The fourth-order valence-corrected chi connectivity index (χ4v) is 4.46. The van der Waals surface area contributed by atoms with E-state index in [0.29, 0.717) is 44.4 Å². The molecule has 2 heterocycles. The zero-order chi connectivity index (χ0) is 24.4. The van der Waals surface area contributed by atoms with Crippen LogP contribution in [0.5, 0.6) is 0 Å². The second-order valence-electron chi connectivity index (χ2n) is 7.03. The largest absolute Gasteiger partial charge is 0.478 e. The van der Waals surface area contributed by atoms with E-state index in [1.165, 1.54) is 35.2 Å². The molecule has 1 amide bonds. The number of nitrogens with zero attached hydrogens (tertiary/aromatic N) is 3. The Kier molecular flexibility index (Phi) is 6.53. The number of aromatic carboxylic acids is 1. The first-order valence-electron chi connectivity index (χ1n) is 9.94. The SMILES string of the molecule is CCN1C(=O)/C(=C\c2ccc(-c3cc([N+](=O)[O-])ccc3Cl)o2)SC1=Nc1cccc(C(=O)O)c1. The summed E-state index contributed by atoms with van der Waals surface area (Å²) >= 11 is 7.32. The highest BCUT2D eigenvalue weighted by Crippen LogP contribution is 2.36. The lowest BCUT2D eigenvalue weighted by atomic mass is 10.1. The summed E-state index contributed by atoms with van der Waals surface area (Å²) in [6, 6.07) is 13.4. The number of benzene rings is 2. The molecule has 172 valence electrons. The van der Waals surface area contributed by atoms with E-state index < -0.39 is 10.9 Å². The fraction of sp³-hybridized carbons (Fsp3) is 0.0870. The van der Waals surface area contributed by atoms with E-state index in [9.17, 15) is 24.8 Å². The Balaban J connectivity index is 1.64. The molecule has 0 unspecified atom stereocenters. The van der Waals surface area contributed by atoms with Gasteiger partial charge in [0, 0.05) is 30.3 Å². The Bertz CT molecular complexity index is 1380. The lowest BCUT2D eigenvalue weighted by Crippen LogP contribution is -2.28. The molecule has 1 saturated heterocycles. The van der Waals surface area contributed by atoms with E-state index in [1.54, 1.807) is 37.3 Å². The molecule has 11 heteroatoms. The third-order valence-corrected chi connectivity index (χ3v) is 6.18. The number of amides is 1. The number of likely N-dealkylation sites (N-methyl/N-ethyl adjacent to an activating group) is 1. The van der Waals surface area contributed by atoms with Gasteiger partial charge in [-0.15, -0.1) is 0 Å². The van der Waals surface area contributed by atoms with E-state index >= 15 is 0 Å². The number of aliphatic imine (C=N–C) groups is 1. The zero-order valence-corrected chi connectivity index (χ0v) is 19.2. The van der Waals surface area contributed by atoms with E-state index in [-0.39, 0.29) is 17.2 Å². The van der Waals surface area contributed by atoms with Gasteiger partial charge in [0.05, 0.1) is 26.1 Å². The first-order chi connectivity index (χ1) is 16.3. The van der Waals surface area contributed by atoms with Crippen molar-refractivity contribution in [2.45, 2.75) is 6.92 Å². The van der Waals surface area contributed by atoms with Gasteiger partial charge in [-0.25, -0.2) is 9.79 Å². The highest BCUT2D eigenvalue weighted by Gasteiger charge is 2.32. The van der Waals surface area contributed by atoms with E-state index in [2.05, 4.69) is 4.99 Å². The van der Waals surface area contributed by atoms with Gasteiger partial charge in [-0.2, -0.15) is 0 Å². The van der Waals surface area contributed by atoms with Crippen molar-refractivity contribution in [3.05, 3.63) is 86.0 Å². The number of halogens is 1. The van der Waals surface area contributed by atoms with Crippen molar-refractivity contribution in [3.8, 4) is 11.3 Å². The number of carbonyl (C=O) groups is 2. The number of nitro benzene ring substituents is 1. The first kappa shape index (κ1) is 23.3. The van der Waals surface area contributed by atoms with Crippen molar-refractivity contribution < 1.29 is 24.0 Å². The average Bonchev–Trinajstić information content (AvgIpc) is 3.38. The van der Waals surface area contributed by atoms with Crippen LogP contribution in [-0.2, 0) is 4.79 Å². The van der Waals surface area contributed by atoms with Crippen molar-refractivity contribution in [3.63, 3.8) is 0 Å². The summed E-state index contributed by atoms with van der Waals surface area (Å²) < 4.78 is 5.79. The van der Waals surface area contributed by atoms with Crippen molar-refractivity contribution in [2.75, 3.05) is 6.54 Å². The molecule has 0 radical (unpaired) electrons. The smallest absolute Gasteiger partial charge is 0.335 e. The number of rotatable bonds is 6. The van der Waals surface area contributed by atoms with Crippen molar-refractivity contribution in [2.24, 2.45) is 4.99 Å². The average molecular weight is 498 g/mol. The number of hydrogen-bond acceptors (Lipinski definition) is 7. The minimum absolute atomic E-state index is 0.0953. The van der Waals surface area contributed by atoms with Crippen molar-refractivity contribution in [1.29, 1.82) is 0 Å². The molecule has 0 saturated carbocycles. The summed E-state index contributed by atoms with van der Waals surface area (Å²) in [4.78, 5) is 41.0. The normalized spacial score (nSPS) is 15.9. The van der Waals surface area contributed by atoms with Crippen LogP contribution in [-0.4, -0.2) is 38.5 Å². The Hall–Kier alpha value is -3.89. The molecule has 1 N–H and O–H groups in total. The number of carboxylic acids is 1. The molecule has 0 atom stereocenters.